The van der Waals surface area contributed by atoms with Gasteiger partial charge in [0.25, 0.3) is 0 Å². The molecule has 2 heterocycles. The van der Waals surface area contributed by atoms with Crippen LogP contribution in [0.2, 0.25) is 0 Å². The van der Waals surface area contributed by atoms with Gasteiger partial charge in [-0.3, -0.25) is 5.10 Å². The van der Waals surface area contributed by atoms with E-state index in [2.05, 4.69) is 22.3 Å². The molecule has 0 atom stereocenters. The van der Waals surface area contributed by atoms with Crippen LogP contribution in [-0.2, 0) is 0 Å². The van der Waals surface area contributed by atoms with E-state index in [-0.39, 0.29) is 11.4 Å². The molecule has 1 aliphatic heterocycles. The Morgan fingerprint density at radius 3 is 2.36 bits per heavy atom. The Hall–Kier alpha value is -2.59. The average Bonchev–Trinajstić information content (AvgIpc) is 2.97. The molecule has 0 amide bonds. The number of hydrogen-bond donors (Lipinski definition) is 2. The first-order valence-electron chi connectivity index (χ1n) is 7.40. The Morgan fingerprint density at radius 1 is 1.28 bits per heavy atom. The number of anilines is 1. The fourth-order valence-corrected chi connectivity index (χ4v) is 3.84. The van der Waals surface area contributed by atoms with Crippen molar-refractivity contribution >= 4 is 39.3 Å². The Balaban J connectivity index is 2.39. The van der Waals surface area contributed by atoms with Crippen molar-refractivity contribution in [2.24, 2.45) is 0 Å². The second kappa shape index (κ2) is 6.05. The molecule has 3 N–H and O–H groups in total. The van der Waals surface area contributed by atoms with E-state index in [1.54, 1.807) is 31.9 Å². The van der Waals surface area contributed by atoms with E-state index in [0.29, 0.717) is 37.0 Å². The molecule has 25 heavy (non-hydrogen) atoms. The summed E-state index contributed by atoms with van der Waals surface area (Å²) in [4.78, 5) is 1.78. The van der Waals surface area contributed by atoms with E-state index in [4.69, 9.17) is 5.73 Å². The van der Waals surface area contributed by atoms with Crippen LogP contribution in [0.1, 0.15) is 25.3 Å². The van der Waals surface area contributed by atoms with Crippen LogP contribution in [0.25, 0.3) is 10.9 Å². The minimum Gasteiger partial charge on any atom is -0.382 e. The highest BCUT2D eigenvalue weighted by Crippen LogP contribution is 2.43. The SMILES string of the molecule is CC1=C(C#N)C(c2cc3c(N)n[nH]c3c(I)c2F)C(C#N)=C(C)N1C. The van der Waals surface area contributed by atoms with Gasteiger partial charge in [-0.2, -0.15) is 15.6 Å². The van der Waals surface area contributed by atoms with Gasteiger partial charge in [0, 0.05) is 29.4 Å². The summed E-state index contributed by atoms with van der Waals surface area (Å²) in [5.41, 5.74) is 8.72. The zero-order valence-electron chi connectivity index (χ0n) is 13.8. The summed E-state index contributed by atoms with van der Waals surface area (Å²) in [5.74, 6) is -0.994. The van der Waals surface area contributed by atoms with E-state index in [1.807, 2.05) is 22.6 Å². The molecular weight excluding hydrogens is 434 g/mol. The van der Waals surface area contributed by atoms with Gasteiger partial charge in [-0.05, 0) is 42.5 Å². The molecule has 0 saturated carbocycles. The number of nitriles is 2. The average molecular weight is 448 g/mol. The third-order valence-corrected chi connectivity index (χ3v) is 5.73. The van der Waals surface area contributed by atoms with Gasteiger partial charge in [-0.25, -0.2) is 4.39 Å². The molecule has 0 radical (unpaired) electrons. The second-order valence-corrected chi connectivity index (χ2v) is 6.92. The number of nitrogen functional groups attached to an aromatic ring is 1. The molecule has 0 saturated heterocycles. The second-order valence-electron chi connectivity index (χ2n) is 5.84. The molecule has 0 unspecified atom stereocenters. The van der Waals surface area contributed by atoms with Gasteiger partial charge in [0.05, 0.1) is 38.3 Å². The topological polar surface area (TPSA) is 106 Å². The molecule has 0 fully saturated rings. The number of benzene rings is 1. The van der Waals surface area contributed by atoms with Crippen molar-refractivity contribution in [1.82, 2.24) is 15.1 Å². The molecule has 0 bridgehead atoms. The molecule has 3 rings (SSSR count). The van der Waals surface area contributed by atoms with Crippen LogP contribution in [0.3, 0.4) is 0 Å². The highest BCUT2D eigenvalue weighted by molar-refractivity contribution is 14.1. The predicted molar refractivity (Wildman–Crippen MR) is 100 cm³/mol. The van der Waals surface area contributed by atoms with Crippen molar-refractivity contribution < 1.29 is 4.39 Å². The maximum atomic E-state index is 15.1. The van der Waals surface area contributed by atoms with Crippen LogP contribution in [0.5, 0.6) is 0 Å². The number of H-pyrrole nitrogens is 1. The minimum absolute atomic E-state index is 0.250. The van der Waals surface area contributed by atoms with Crippen LogP contribution in [0.15, 0.2) is 28.6 Å². The predicted octanol–water partition coefficient (Wildman–Crippen LogP) is 3.51. The van der Waals surface area contributed by atoms with E-state index in [1.165, 1.54) is 0 Å². The number of rotatable bonds is 1. The lowest BCUT2D eigenvalue weighted by Gasteiger charge is -2.33. The summed E-state index contributed by atoms with van der Waals surface area (Å²) in [6.07, 6.45) is 0. The Kier molecular flexibility index (Phi) is 4.17. The van der Waals surface area contributed by atoms with Crippen LogP contribution >= 0.6 is 22.6 Å². The molecule has 1 aromatic carbocycles. The van der Waals surface area contributed by atoms with E-state index < -0.39 is 11.7 Å². The zero-order chi connectivity index (χ0) is 18.5. The standard InChI is InChI=1S/C17H14FIN6/c1-7-11(5-20)13(12(6-21)8(2)25(7)3)9-4-10-16(15(19)14(9)18)23-24-17(10)22/h4,13H,1-3H3,(H3,22,23,24). The summed E-state index contributed by atoms with van der Waals surface area (Å²) in [5, 5.41) is 26.5. The molecule has 1 aliphatic rings. The van der Waals surface area contributed by atoms with Crippen molar-refractivity contribution in [3.8, 4) is 12.1 Å². The van der Waals surface area contributed by atoms with Crippen molar-refractivity contribution in [3.05, 3.63) is 43.6 Å². The van der Waals surface area contributed by atoms with Crippen LogP contribution < -0.4 is 5.73 Å². The molecule has 2 aromatic rings. The molecule has 0 aliphatic carbocycles. The molecule has 1 aromatic heterocycles. The third kappa shape index (κ3) is 2.36. The van der Waals surface area contributed by atoms with Crippen LogP contribution in [-0.4, -0.2) is 22.1 Å². The highest BCUT2D eigenvalue weighted by atomic mass is 127. The number of aromatic amines is 1. The first kappa shape index (κ1) is 17.2. The van der Waals surface area contributed by atoms with Crippen molar-refractivity contribution in [1.29, 1.82) is 10.5 Å². The number of hydrogen-bond acceptors (Lipinski definition) is 5. The zero-order valence-corrected chi connectivity index (χ0v) is 15.9. The number of fused-ring (bicyclic) bond motifs is 1. The fraction of sp³-hybridized carbons (Fsp3) is 0.235. The quantitative estimate of drug-likeness (QED) is 0.650. The van der Waals surface area contributed by atoms with Gasteiger partial charge in [0.1, 0.15) is 5.82 Å². The van der Waals surface area contributed by atoms with Crippen molar-refractivity contribution in [3.63, 3.8) is 0 Å². The van der Waals surface area contributed by atoms with Crippen LogP contribution in [0.4, 0.5) is 10.2 Å². The Morgan fingerprint density at radius 2 is 1.84 bits per heavy atom. The number of allylic oxidation sites excluding steroid dienone is 4. The van der Waals surface area contributed by atoms with Gasteiger partial charge in [-0.1, -0.05) is 0 Å². The first-order valence-corrected chi connectivity index (χ1v) is 8.48. The third-order valence-electron chi connectivity index (χ3n) is 4.71. The lowest BCUT2D eigenvalue weighted by Crippen LogP contribution is -2.26. The van der Waals surface area contributed by atoms with Crippen molar-refractivity contribution in [2.45, 2.75) is 19.8 Å². The van der Waals surface area contributed by atoms with Gasteiger partial charge in [0.2, 0.25) is 0 Å². The molecule has 126 valence electrons. The normalized spacial score (nSPS) is 15.7. The fourth-order valence-electron chi connectivity index (χ4n) is 3.12. The summed E-state index contributed by atoms with van der Waals surface area (Å²) < 4.78 is 15.5. The first-order chi connectivity index (χ1) is 11.8. The summed E-state index contributed by atoms with van der Waals surface area (Å²) >= 11 is 1.88. The van der Waals surface area contributed by atoms with E-state index >= 15 is 4.39 Å². The summed E-state index contributed by atoms with van der Waals surface area (Å²) in [6, 6.07) is 5.88. The lowest BCUT2D eigenvalue weighted by molar-refractivity contribution is 0.486. The summed E-state index contributed by atoms with van der Waals surface area (Å²) in [6.45, 7) is 3.58. The monoisotopic (exact) mass is 448 g/mol. The highest BCUT2D eigenvalue weighted by Gasteiger charge is 2.34. The largest absolute Gasteiger partial charge is 0.382 e. The maximum absolute atomic E-state index is 15.1. The number of nitrogens with two attached hydrogens (primary N) is 1. The Labute approximate surface area is 157 Å². The smallest absolute Gasteiger partial charge is 0.153 e. The lowest BCUT2D eigenvalue weighted by atomic mass is 9.80. The number of halogens is 2. The number of nitrogens with zero attached hydrogens (tertiary/aromatic N) is 4. The van der Waals surface area contributed by atoms with Gasteiger partial charge in [-0.15, -0.1) is 0 Å². The number of aromatic nitrogens is 2. The van der Waals surface area contributed by atoms with E-state index in [0.717, 1.165) is 0 Å². The Bertz CT molecular complexity index is 1010. The number of nitrogens with one attached hydrogen (secondary N) is 1. The van der Waals surface area contributed by atoms with Gasteiger partial charge in [0.15, 0.2) is 5.82 Å². The van der Waals surface area contributed by atoms with Gasteiger partial charge < -0.3 is 10.6 Å². The molecule has 0 spiro atoms. The van der Waals surface area contributed by atoms with Crippen LogP contribution in [0, 0.1) is 32.0 Å². The molecule has 6 nitrogen and oxygen atoms in total. The molecule has 8 heteroatoms. The molecular formula is C17H14FIN6. The van der Waals surface area contributed by atoms with Crippen molar-refractivity contribution in [2.75, 3.05) is 12.8 Å². The minimum atomic E-state index is -0.765. The summed E-state index contributed by atoms with van der Waals surface area (Å²) in [7, 11) is 1.78. The van der Waals surface area contributed by atoms with Gasteiger partial charge >= 0.3 is 0 Å². The van der Waals surface area contributed by atoms with E-state index in [9.17, 15) is 10.5 Å². The maximum Gasteiger partial charge on any atom is 0.153 e.